The lowest BCUT2D eigenvalue weighted by atomic mass is 9.80. The highest BCUT2D eigenvalue weighted by Gasteiger charge is 2.24. The predicted molar refractivity (Wildman–Crippen MR) is 75.7 cm³/mol. The van der Waals surface area contributed by atoms with Crippen molar-refractivity contribution in [2.75, 3.05) is 19.8 Å². The Morgan fingerprint density at radius 3 is 2.37 bits per heavy atom. The smallest absolute Gasteiger partial charge is 0.246 e. The SMILES string of the molecule is NCC1CCCCC1COCC(=O)NC1CCCC1. The number of nitrogens with one attached hydrogen (secondary N) is 1. The van der Waals surface area contributed by atoms with E-state index in [9.17, 15) is 4.79 Å². The summed E-state index contributed by atoms with van der Waals surface area (Å²) in [5.74, 6) is 1.19. The standard InChI is InChI=1S/C15H28N2O2/c16-9-12-5-1-2-6-13(12)10-19-11-15(18)17-14-7-3-4-8-14/h12-14H,1-11,16H2,(H,17,18). The molecule has 0 aromatic rings. The van der Waals surface area contributed by atoms with Gasteiger partial charge in [0.25, 0.3) is 0 Å². The molecule has 2 rings (SSSR count). The molecule has 0 radical (unpaired) electrons. The summed E-state index contributed by atoms with van der Waals surface area (Å²) in [6.45, 7) is 1.66. The van der Waals surface area contributed by atoms with E-state index in [0.29, 0.717) is 24.5 Å². The molecule has 4 heteroatoms. The summed E-state index contributed by atoms with van der Waals surface area (Å²) in [5.41, 5.74) is 5.80. The minimum absolute atomic E-state index is 0.0482. The maximum absolute atomic E-state index is 11.7. The van der Waals surface area contributed by atoms with Crippen LogP contribution in [0.2, 0.25) is 0 Å². The molecular formula is C15H28N2O2. The van der Waals surface area contributed by atoms with Gasteiger partial charge in [-0.05, 0) is 44.1 Å². The van der Waals surface area contributed by atoms with Crippen LogP contribution >= 0.6 is 0 Å². The summed E-state index contributed by atoms with van der Waals surface area (Å²) < 4.78 is 5.61. The number of ether oxygens (including phenoxy) is 1. The number of amides is 1. The lowest BCUT2D eigenvalue weighted by Gasteiger charge is -2.30. The van der Waals surface area contributed by atoms with Crippen LogP contribution in [0, 0.1) is 11.8 Å². The fraction of sp³-hybridized carbons (Fsp3) is 0.933. The van der Waals surface area contributed by atoms with Gasteiger partial charge >= 0.3 is 0 Å². The van der Waals surface area contributed by atoms with Crippen LogP contribution < -0.4 is 11.1 Å². The van der Waals surface area contributed by atoms with Crippen molar-refractivity contribution in [1.82, 2.24) is 5.32 Å². The van der Waals surface area contributed by atoms with Gasteiger partial charge in [-0.25, -0.2) is 0 Å². The Morgan fingerprint density at radius 2 is 1.68 bits per heavy atom. The highest BCUT2D eigenvalue weighted by molar-refractivity contribution is 5.77. The molecule has 0 aromatic heterocycles. The Bertz CT molecular complexity index is 277. The fourth-order valence-electron chi connectivity index (χ4n) is 3.46. The van der Waals surface area contributed by atoms with Crippen molar-refractivity contribution in [2.45, 2.75) is 57.4 Å². The van der Waals surface area contributed by atoms with Crippen molar-refractivity contribution < 1.29 is 9.53 Å². The molecule has 0 aliphatic heterocycles. The van der Waals surface area contributed by atoms with Crippen LogP contribution in [-0.4, -0.2) is 31.7 Å². The Hall–Kier alpha value is -0.610. The Balaban J connectivity index is 1.60. The van der Waals surface area contributed by atoms with Crippen LogP contribution in [0.25, 0.3) is 0 Å². The first kappa shape index (κ1) is 14.8. The number of carbonyl (C=O) groups excluding carboxylic acids is 1. The van der Waals surface area contributed by atoms with Gasteiger partial charge < -0.3 is 15.8 Å². The molecule has 4 nitrogen and oxygen atoms in total. The summed E-state index contributed by atoms with van der Waals surface area (Å²) in [6, 6.07) is 0.391. The van der Waals surface area contributed by atoms with Crippen molar-refractivity contribution in [3.63, 3.8) is 0 Å². The van der Waals surface area contributed by atoms with E-state index in [4.69, 9.17) is 10.5 Å². The van der Waals surface area contributed by atoms with E-state index in [1.54, 1.807) is 0 Å². The third-order valence-electron chi connectivity index (χ3n) is 4.65. The molecule has 2 unspecified atom stereocenters. The van der Waals surface area contributed by atoms with Crippen LogP contribution in [0.4, 0.5) is 0 Å². The zero-order valence-electron chi connectivity index (χ0n) is 11.9. The van der Waals surface area contributed by atoms with Crippen LogP contribution in [0.15, 0.2) is 0 Å². The molecular weight excluding hydrogens is 240 g/mol. The molecule has 0 spiro atoms. The molecule has 0 aromatic carbocycles. The number of hydrogen-bond acceptors (Lipinski definition) is 3. The molecule has 2 atom stereocenters. The lowest BCUT2D eigenvalue weighted by molar-refractivity contribution is -0.127. The first-order valence-electron chi connectivity index (χ1n) is 7.86. The van der Waals surface area contributed by atoms with Gasteiger partial charge in [-0.1, -0.05) is 25.7 Å². The van der Waals surface area contributed by atoms with Gasteiger partial charge in [-0.3, -0.25) is 4.79 Å². The Labute approximate surface area is 116 Å². The van der Waals surface area contributed by atoms with E-state index in [-0.39, 0.29) is 12.5 Å². The molecule has 2 aliphatic rings. The summed E-state index contributed by atoms with van der Waals surface area (Å²) in [4.78, 5) is 11.7. The molecule has 19 heavy (non-hydrogen) atoms. The number of carbonyl (C=O) groups is 1. The number of rotatable bonds is 6. The van der Waals surface area contributed by atoms with E-state index in [1.165, 1.54) is 38.5 Å². The van der Waals surface area contributed by atoms with E-state index in [1.807, 2.05) is 0 Å². The maximum atomic E-state index is 11.7. The van der Waals surface area contributed by atoms with Gasteiger partial charge in [-0.2, -0.15) is 0 Å². The molecule has 0 saturated heterocycles. The summed E-state index contributed by atoms with van der Waals surface area (Å²) in [7, 11) is 0. The molecule has 0 heterocycles. The first-order valence-corrected chi connectivity index (χ1v) is 7.86. The third kappa shape index (κ3) is 4.77. The quantitative estimate of drug-likeness (QED) is 0.772. The van der Waals surface area contributed by atoms with E-state index in [0.717, 1.165) is 19.4 Å². The van der Waals surface area contributed by atoms with Crippen molar-refractivity contribution in [1.29, 1.82) is 0 Å². The first-order chi connectivity index (χ1) is 9.29. The van der Waals surface area contributed by atoms with Crippen LogP contribution in [0.5, 0.6) is 0 Å². The van der Waals surface area contributed by atoms with Crippen molar-refractivity contribution in [3.8, 4) is 0 Å². The van der Waals surface area contributed by atoms with Gasteiger partial charge in [0.1, 0.15) is 6.61 Å². The van der Waals surface area contributed by atoms with E-state index in [2.05, 4.69) is 5.32 Å². The van der Waals surface area contributed by atoms with E-state index < -0.39 is 0 Å². The van der Waals surface area contributed by atoms with Gasteiger partial charge in [0.05, 0.1) is 6.61 Å². The third-order valence-corrected chi connectivity index (χ3v) is 4.65. The predicted octanol–water partition coefficient (Wildman–Crippen LogP) is 1.83. The minimum Gasteiger partial charge on any atom is -0.371 e. The average molecular weight is 268 g/mol. The zero-order chi connectivity index (χ0) is 13.5. The van der Waals surface area contributed by atoms with E-state index >= 15 is 0 Å². The molecule has 2 saturated carbocycles. The number of nitrogens with two attached hydrogens (primary N) is 1. The summed E-state index contributed by atoms with van der Waals surface area (Å²) in [5, 5.41) is 3.05. The molecule has 3 N–H and O–H groups in total. The van der Waals surface area contributed by atoms with Crippen molar-refractivity contribution in [3.05, 3.63) is 0 Å². The normalized spacial score (nSPS) is 28.5. The molecule has 110 valence electrons. The largest absolute Gasteiger partial charge is 0.371 e. The van der Waals surface area contributed by atoms with Gasteiger partial charge in [0, 0.05) is 6.04 Å². The van der Waals surface area contributed by atoms with Crippen LogP contribution in [0.3, 0.4) is 0 Å². The summed E-state index contributed by atoms with van der Waals surface area (Å²) >= 11 is 0. The minimum atomic E-state index is 0.0482. The second-order valence-electron chi connectivity index (χ2n) is 6.10. The zero-order valence-corrected chi connectivity index (χ0v) is 11.9. The fourth-order valence-corrected chi connectivity index (χ4v) is 3.46. The van der Waals surface area contributed by atoms with Gasteiger partial charge in [0.15, 0.2) is 0 Å². The van der Waals surface area contributed by atoms with Gasteiger partial charge in [-0.15, -0.1) is 0 Å². The van der Waals surface area contributed by atoms with Crippen LogP contribution in [-0.2, 0) is 9.53 Å². The highest BCUT2D eigenvalue weighted by Crippen LogP contribution is 2.29. The average Bonchev–Trinajstić information content (AvgIpc) is 2.92. The molecule has 2 fully saturated rings. The molecule has 1 amide bonds. The van der Waals surface area contributed by atoms with Crippen LogP contribution in [0.1, 0.15) is 51.4 Å². The number of hydrogen-bond donors (Lipinski definition) is 2. The topological polar surface area (TPSA) is 64.3 Å². The molecule has 2 aliphatic carbocycles. The molecule has 0 bridgehead atoms. The van der Waals surface area contributed by atoms with Crippen molar-refractivity contribution >= 4 is 5.91 Å². The summed E-state index contributed by atoms with van der Waals surface area (Å²) in [6.07, 6.45) is 9.73. The van der Waals surface area contributed by atoms with Gasteiger partial charge in [0.2, 0.25) is 5.91 Å². The second-order valence-corrected chi connectivity index (χ2v) is 6.10. The lowest BCUT2D eigenvalue weighted by Crippen LogP contribution is -2.36. The monoisotopic (exact) mass is 268 g/mol. The highest BCUT2D eigenvalue weighted by atomic mass is 16.5. The maximum Gasteiger partial charge on any atom is 0.246 e. The van der Waals surface area contributed by atoms with Crippen molar-refractivity contribution in [2.24, 2.45) is 17.6 Å². The Morgan fingerprint density at radius 1 is 1.05 bits per heavy atom. The second kappa shape index (κ2) is 7.85. The Kier molecular flexibility index (Phi) is 6.11.